The van der Waals surface area contributed by atoms with Gasteiger partial charge >= 0.3 is 0 Å². The lowest BCUT2D eigenvalue weighted by atomic mass is 10.1. The van der Waals surface area contributed by atoms with E-state index in [1.807, 2.05) is 27.7 Å². The molecular weight excluding hydrogens is 256 g/mol. The van der Waals surface area contributed by atoms with Crippen LogP contribution in [-0.4, -0.2) is 35.3 Å². The maximum atomic E-state index is 12.1. The molecule has 0 aromatic carbocycles. The number of pyridine rings is 1. The zero-order valence-corrected chi connectivity index (χ0v) is 12.6. The van der Waals surface area contributed by atoms with E-state index in [1.54, 1.807) is 18.3 Å². The Kier molecular flexibility index (Phi) is 6.45. The van der Waals surface area contributed by atoms with Gasteiger partial charge in [-0.05, 0) is 24.0 Å². The average Bonchev–Trinajstić information content (AvgIpc) is 2.42. The average molecular weight is 280 g/mol. The molecular formula is C15H24N2O3. The van der Waals surface area contributed by atoms with Crippen LogP contribution in [0.1, 0.15) is 38.1 Å². The number of carbonyl (C=O) groups is 1. The molecule has 1 unspecified atom stereocenters. The van der Waals surface area contributed by atoms with Crippen molar-refractivity contribution in [2.45, 2.75) is 33.8 Å². The third-order valence-electron chi connectivity index (χ3n) is 2.81. The van der Waals surface area contributed by atoms with E-state index in [4.69, 9.17) is 4.74 Å². The number of ether oxygens (including phenoxy) is 1. The van der Waals surface area contributed by atoms with Gasteiger partial charge in [-0.15, -0.1) is 0 Å². The first-order valence-electron chi connectivity index (χ1n) is 6.96. The van der Waals surface area contributed by atoms with E-state index >= 15 is 0 Å². The van der Waals surface area contributed by atoms with Gasteiger partial charge < -0.3 is 15.2 Å². The Morgan fingerprint density at radius 1 is 1.40 bits per heavy atom. The molecule has 1 heterocycles. The fourth-order valence-electron chi connectivity index (χ4n) is 1.45. The van der Waals surface area contributed by atoms with Gasteiger partial charge in [-0.3, -0.25) is 4.79 Å². The van der Waals surface area contributed by atoms with E-state index in [-0.39, 0.29) is 18.4 Å². The number of nitrogens with one attached hydrogen (secondary N) is 1. The summed E-state index contributed by atoms with van der Waals surface area (Å²) in [6.07, 6.45) is 1.03. The van der Waals surface area contributed by atoms with E-state index in [2.05, 4.69) is 10.3 Å². The molecule has 1 aromatic rings. The molecule has 0 fully saturated rings. The second-order valence-corrected chi connectivity index (χ2v) is 5.58. The minimum atomic E-state index is -0.560. The number of hydrogen-bond acceptors (Lipinski definition) is 4. The molecule has 0 saturated heterocycles. The fourth-order valence-corrected chi connectivity index (χ4v) is 1.45. The van der Waals surface area contributed by atoms with Crippen LogP contribution in [0.3, 0.4) is 0 Å². The van der Waals surface area contributed by atoms with Gasteiger partial charge in [-0.25, -0.2) is 4.98 Å². The highest BCUT2D eigenvalue weighted by Crippen LogP contribution is 2.15. The Hall–Kier alpha value is -1.62. The zero-order valence-electron chi connectivity index (χ0n) is 12.6. The maximum Gasteiger partial charge on any atom is 0.256 e. The predicted molar refractivity (Wildman–Crippen MR) is 77.7 cm³/mol. The third kappa shape index (κ3) is 5.17. The molecule has 0 spiro atoms. The van der Waals surface area contributed by atoms with Crippen molar-refractivity contribution in [2.24, 2.45) is 11.8 Å². The Bertz CT molecular complexity index is 433. The predicted octanol–water partition coefficient (Wildman–Crippen LogP) is 1.86. The van der Waals surface area contributed by atoms with Crippen LogP contribution >= 0.6 is 0 Å². The van der Waals surface area contributed by atoms with Crippen molar-refractivity contribution in [2.75, 3.05) is 13.2 Å². The highest BCUT2D eigenvalue weighted by molar-refractivity contribution is 5.96. The van der Waals surface area contributed by atoms with Gasteiger partial charge in [0.1, 0.15) is 5.56 Å². The molecule has 2 N–H and O–H groups in total. The highest BCUT2D eigenvalue weighted by atomic mass is 16.5. The second-order valence-electron chi connectivity index (χ2n) is 5.58. The Labute approximate surface area is 120 Å². The summed E-state index contributed by atoms with van der Waals surface area (Å²) in [6.45, 7) is 8.58. The second kappa shape index (κ2) is 7.85. The van der Waals surface area contributed by atoms with E-state index < -0.39 is 6.10 Å². The first-order valence-corrected chi connectivity index (χ1v) is 6.96. The van der Waals surface area contributed by atoms with Crippen LogP contribution in [-0.2, 0) is 0 Å². The highest BCUT2D eigenvalue weighted by Gasteiger charge is 2.16. The van der Waals surface area contributed by atoms with Crippen LogP contribution in [0, 0.1) is 11.8 Å². The third-order valence-corrected chi connectivity index (χ3v) is 2.81. The number of aliphatic hydroxyl groups is 1. The summed E-state index contributed by atoms with van der Waals surface area (Å²) in [5, 5.41) is 12.4. The summed E-state index contributed by atoms with van der Waals surface area (Å²) in [7, 11) is 0. The molecule has 0 bridgehead atoms. The molecule has 1 aromatic heterocycles. The minimum Gasteiger partial charge on any atom is -0.477 e. The van der Waals surface area contributed by atoms with Crippen molar-refractivity contribution in [3.8, 4) is 5.88 Å². The summed E-state index contributed by atoms with van der Waals surface area (Å²) < 4.78 is 5.54. The van der Waals surface area contributed by atoms with Crippen molar-refractivity contribution in [3.05, 3.63) is 23.9 Å². The summed E-state index contributed by atoms with van der Waals surface area (Å²) >= 11 is 0. The monoisotopic (exact) mass is 280 g/mol. The largest absolute Gasteiger partial charge is 0.477 e. The van der Waals surface area contributed by atoms with E-state index in [1.165, 1.54) is 0 Å². The van der Waals surface area contributed by atoms with Gasteiger partial charge in [0.25, 0.3) is 5.91 Å². The summed E-state index contributed by atoms with van der Waals surface area (Å²) in [4.78, 5) is 16.2. The van der Waals surface area contributed by atoms with Crippen molar-refractivity contribution in [3.63, 3.8) is 0 Å². The normalized spacial score (nSPS) is 12.6. The number of amides is 1. The molecule has 0 saturated carbocycles. The molecule has 20 heavy (non-hydrogen) atoms. The first kappa shape index (κ1) is 16.4. The van der Waals surface area contributed by atoms with Gasteiger partial charge in [-0.2, -0.15) is 0 Å². The first-order chi connectivity index (χ1) is 9.41. The van der Waals surface area contributed by atoms with Gasteiger partial charge in [0.15, 0.2) is 0 Å². The number of rotatable bonds is 7. The minimum absolute atomic E-state index is 0.0980. The van der Waals surface area contributed by atoms with Crippen molar-refractivity contribution in [1.82, 2.24) is 10.3 Å². The van der Waals surface area contributed by atoms with Gasteiger partial charge in [-0.1, -0.05) is 27.7 Å². The van der Waals surface area contributed by atoms with Crippen molar-refractivity contribution >= 4 is 5.91 Å². The zero-order chi connectivity index (χ0) is 15.1. The van der Waals surface area contributed by atoms with Crippen LogP contribution in [0.25, 0.3) is 0 Å². The maximum absolute atomic E-state index is 12.1. The van der Waals surface area contributed by atoms with Gasteiger partial charge in [0.05, 0.1) is 12.7 Å². The Morgan fingerprint density at radius 3 is 2.70 bits per heavy atom. The number of aromatic nitrogens is 1. The van der Waals surface area contributed by atoms with Crippen LogP contribution < -0.4 is 10.1 Å². The van der Waals surface area contributed by atoms with E-state index in [0.29, 0.717) is 24.0 Å². The molecule has 112 valence electrons. The van der Waals surface area contributed by atoms with E-state index in [9.17, 15) is 9.90 Å². The lowest BCUT2D eigenvalue weighted by Gasteiger charge is -2.16. The fraction of sp³-hybridized carbons (Fsp3) is 0.600. The number of nitrogens with zero attached hydrogens (tertiary/aromatic N) is 1. The van der Waals surface area contributed by atoms with Crippen LogP contribution in [0.5, 0.6) is 5.88 Å². The van der Waals surface area contributed by atoms with Crippen LogP contribution in [0.4, 0.5) is 0 Å². The molecule has 1 atom stereocenters. The van der Waals surface area contributed by atoms with Crippen LogP contribution in [0.15, 0.2) is 18.3 Å². The summed E-state index contributed by atoms with van der Waals surface area (Å²) in [5.74, 6) is 0.505. The van der Waals surface area contributed by atoms with E-state index in [0.717, 1.165) is 0 Å². The molecule has 1 amide bonds. The molecule has 0 aliphatic rings. The van der Waals surface area contributed by atoms with Crippen LogP contribution in [0.2, 0.25) is 0 Å². The lowest BCUT2D eigenvalue weighted by molar-refractivity contribution is 0.0866. The molecule has 0 radical (unpaired) electrons. The van der Waals surface area contributed by atoms with Crippen molar-refractivity contribution < 1.29 is 14.6 Å². The summed E-state index contributed by atoms with van der Waals surface area (Å²) in [5.41, 5.74) is 0.393. The molecule has 0 aliphatic heterocycles. The van der Waals surface area contributed by atoms with Gasteiger partial charge in [0, 0.05) is 12.7 Å². The topological polar surface area (TPSA) is 71.5 Å². The SMILES string of the molecule is CC(C)COc1ncccc1C(=O)NCC(O)C(C)C. The van der Waals surface area contributed by atoms with Gasteiger partial charge in [0.2, 0.25) is 5.88 Å². The lowest BCUT2D eigenvalue weighted by Crippen LogP contribution is -2.35. The number of carbonyl (C=O) groups excluding carboxylic acids is 1. The summed E-state index contributed by atoms with van der Waals surface area (Å²) in [6, 6.07) is 3.36. The molecule has 5 heteroatoms. The molecule has 5 nitrogen and oxygen atoms in total. The van der Waals surface area contributed by atoms with Crippen molar-refractivity contribution in [1.29, 1.82) is 0 Å². The Morgan fingerprint density at radius 2 is 2.10 bits per heavy atom. The Balaban J connectivity index is 2.67. The smallest absolute Gasteiger partial charge is 0.256 e. The number of aliphatic hydroxyl groups excluding tert-OH is 1. The molecule has 0 aliphatic carbocycles. The number of hydrogen-bond donors (Lipinski definition) is 2. The standard InChI is InChI=1S/C15H24N2O3/c1-10(2)9-20-15-12(6-5-7-16-15)14(19)17-8-13(18)11(3)4/h5-7,10-11,13,18H,8-9H2,1-4H3,(H,17,19). The molecule has 1 rings (SSSR count). The quantitative estimate of drug-likeness (QED) is 0.799.